The molecular formula is C21H23N3OS2. The molecule has 0 saturated heterocycles. The smallest absolute Gasteiger partial charge is 0.231 e. The zero-order chi connectivity index (χ0) is 19.1. The Bertz CT molecular complexity index is 869. The highest BCUT2D eigenvalue weighted by molar-refractivity contribution is 7.10. The van der Waals surface area contributed by atoms with Crippen molar-refractivity contribution >= 4 is 34.3 Å². The van der Waals surface area contributed by atoms with Crippen LogP contribution in [-0.2, 0) is 24.3 Å². The summed E-state index contributed by atoms with van der Waals surface area (Å²) in [6.45, 7) is 8.31. The highest BCUT2D eigenvalue weighted by Gasteiger charge is 2.12. The van der Waals surface area contributed by atoms with Gasteiger partial charge in [-0.2, -0.15) is 0 Å². The summed E-state index contributed by atoms with van der Waals surface area (Å²) in [4.78, 5) is 20.5. The summed E-state index contributed by atoms with van der Waals surface area (Å²) >= 11 is 3.29. The second kappa shape index (κ2) is 9.60. The van der Waals surface area contributed by atoms with Crippen LogP contribution in [0.4, 0.5) is 5.69 Å². The van der Waals surface area contributed by atoms with Gasteiger partial charge in [0.25, 0.3) is 0 Å². The zero-order valence-corrected chi connectivity index (χ0v) is 17.0. The van der Waals surface area contributed by atoms with Crippen LogP contribution >= 0.6 is 22.7 Å². The summed E-state index contributed by atoms with van der Waals surface area (Å²) in [6, 6.07) is 12.0. The van der Waals surface area contributed by atoms with Crippen LogP contribution in [0.5, 0.6) is 0 Å². The second-order valence-electron chi connectivity index (χ2n) is 6.36. The molecule has 0 bridgehead atoms. The number of aryl methyl sites for hydroxylation is 1. The van der Waals surface area contributed by atoms with E-state index in [1.54, 1.807) is 11.3 Å². The summed E-state index contributed by atoms with van der Waals surface area (Å²) in [5, 5.41) is 7.89. The number of nitrogens with zero attached hydrogens (tertiary/aromatic N) is 2. The molecular weight excluding hydrogens is 374 g/mol. The van der Waals surface area contributed by atoms with Crippen molar-refractivity contribution in [2.45, 2.75) is 26.4 Å². The van der Waals surface area contributed by atoms with Crippen molar-refractivity contribution in [1.29, 1.82) is 0 Å². The van der Waals surface area contributed by atoms with Gasteiger partial charge < -0.3 is 5.32 Å². The maximum Gasteiger partial charge on any atom is 0.231 e. The van der Waals surface area contributed by atoms with Gasteiger partial charge in [0.05, 0.1) is 12.1 Å². The number of benzene rings is 1. The number of carbonyl (C=O) groups is 1. The highest BCUT2D eigenvalue weighted by atomic mass is 32.1. The standard InChI is InChI=1S/C21H23N3OS2/c1-3-10-24(14-19-5-4-11-26-19)13-18-15-27-21(23-18)12-20(25)22-17-8-6-16(2)7-9-17/h3-9,11,15H,1,10,12-14H2,2H3,(H,22,25). The van der Waals surface area contributed by atoms with Gasteiger partial charge in [0.1, 0.15) is 5.01 Å². The van der Waals surface area contributed by atoms with Crippen LogP contribution in [0.15, 0.2) is 59.8 Å². The molecule has 6 heteroatoms. The number of carbonyl (C=O) groups excluding carboxylic acids is 1. The first-order chi connectivity index (χ1) is 13.1. The molecule has 2 heterocycles. The summed E-state index contributed by atoms with van der Waals surface area (Å²) in [7, 11) is 0. The molecule has 0 saturated carbocycles. The molecule has 0 radical (unpaired) electrons. The Balaban J connectivity index is 1.55. The molecule has 0 aliphatic rings. The molecule has 4 nitrogen and oxygen atoms in total. The Kier molecular flexibility index (Phi) is 6.92. The van der Waals surface area contributed by atoms with E-state index < -0.39 is 0 Å². The van der Waals surface area contributed by atoms with Gasteiger partial charge >= 0.3 is 0 Å². The van der Waals surface area contributed by atoms with Gasteiger partial charge in [0, 0.05) is 35.6 Å². The number of thiophene rings is 1. The molecule has 140 valence electrons. The summed E-state index contributed by atoms with van der Waals surface area (Å²) in [5.74, 6) is -0.0405. The van der Waals surface area contributed by atoms with Crippen LogP contribution in [0.3, 0.4) is 0 Å². The lowest BCUT2D eigenvalue weighted by Crippen LogP contribution is -2.22. The van der Waals surface area contributed by atoms with Crippen LogP contribution in [0.2, 0.25) is 0 Å². The van der Waals surface area contributed by atoms with Crippen LogP contribution in [0.1, 0.15) is 21.1 Å². The van der Waals surface area contributed by atoms with Gasteiger partial charge in [-0.15, -0.1) is 29.3 Å². The van der Waals surface area contributed by atoms with E-state index in [2.05, 4.69) is 39.3 Å². The molecule has 1 aromatic carbocycles. The predicted octanol–water partition coefficient (Wildman–Crippen LogP) is 4.88. The van der Waals surface area contributed by atoms with Crippen LogP contribution in [0, 0.1) is 6.92 Å². The largest absolute Gasteiger partial charge is 0.326 e. The van der Waals surface area contributed by atoms with E-state index >= 15 is 0 Å². The number of amides is 1. The normalized spacial score (nSPS) is 10.9. The number of thiazole rings is 1. The molecule has 3 rings (SSSR count). The lowest BCUT2D eigenvalue weighted by atomic mass is 10.2. The Hall–Kier alpha value is -2.28. The van der Waals surface area contributed by atoms with Gasteiger partial charge in [-0.1, -0.05) is 29.8 Å². The third-order valence-corrected chi connectivity index (χ3v) is 5.74. The Morgan fingerprint density at radius 2 is 2.04 bits per heavy atom. The third kappa shape index (κ3) is 6.13. The second-order valence-corrected chi connectivity index (χ2v) is 8.34. The Morgan fingerprint density at radius 3 is 2.74 bits per heavy atom. The van der Waals surface area contributed by atoms with Gasteiger partial charge in [-0.3, -0.25) is 9.69 Å². The molecule has 0 aliphatic heterocycles. The average Bonchev–Trinajstić information content (AvgIpc) is 3.29. The number of aromatic nitrogens is 1. The average molecular weight is 398 g/mol. The van der Waals surface area contributed by atoms with Crippen LogP contribution in [-0.4, -0.2) is 22.3 Å². The lowest BCUT2D eigenvalue weighted by Gasteiger charge is -2.18. The van der Waals surface area contributed by atoms with Gasteiger partial charge in [-0.05, 0) is 30.5 Å². The molecule has 2 aromatic heterocycles. The van der Waals surface area contributed by atoms with Gasteiger partial charge in [0.15, 0.2) is 0 Å². The first-order valence-electron chi connectivity index (χ1n) is 8.78. The summed E-state index contributed by atoms with van der Waals surface area (Å²) in [5.41, 5.74) is 2.98. The van der Waals surface area contributed by atoms with Crippen molar-refractivity contribution in [3.63, 3.8) is 0 Å². The van der Waals surface area contributed by atoms with Gasteiger partial charge in [0.2, 0.25) is 5.91 Å². The first-order valence-corrected chi connectivity index (χ1v) is 10.5. The maximum atomic E-state index is 12.2. The van der Waals surface area contributed by atoms with Crippen molar-refractivity contribution in [3.05, 3.63) is 81.0 Å². The molecule has 0 unspecified atom stereocenters. The fourth-order valence-corrected chi connectivity index (χ4v) is 4.23. The molecule has 0 aliphatic carbocycles. The van der Waals surface area contributed by atoms with E-state index in [1.165, 1.54) is 21.8 Å². The number of nitrogens with one attached hydrogen (secondary N) is 1. The van der Waals surface area contributed by atoms with E-state index in [0.717, 1.165) is 36.0 Å². The minimum absolute atomic E-state index is 0.0405. The summed E-state index contributed by atoms with van der Waals surface area (Å²) in [6.07, 6.45) is 2.21. The van der Waals surface area contributed by atoms with Crippen LogP contribution < -0.4 is 5.32 Å². The minimum Gasteiger partial charge on any atom is -0.326 e. The quantitative estimate of drug-likeness (QED) is 0.523. The lowest BCUT2D eigenvalue weighted by molar-refractivity contribution is -0.115. The van der Waals surface area contributed by atoms with Crippen molar-refractivity contribution < 1.29 is 4.79 Å². The fourth-order valence-electron chi connectivity index (χ4n) is 2.70. The minimum atomic E-state index is -0.0405. The molecule has 1 N–H and O–H groups in total. The maximum absolute atomic E-state index is 12.2. The van der Waals surface area contributed by atoms with E-state index in [1.807, 2.05) is 42.6 Å². The van der Waals surface area contributed by atoms with Crippen LogP contribution in [0.25, 0.3) is 0 Å². The van der Waals surface area contributed by atoms with E-state index in [4.69, 9.17) is 0 Å². The summed E-state index contributed by atoms with van der Waals surface area (Å²) < 4.78 is 0. The van der Waals surface area contributed by atoms with Gasteiger partial charge in [-0.25, -0.2) is 4.98 Å². The predicted molar refractivity (Wildman–Crippen MR) is 114 cm³/mol. The van der Waals surface area contributed by atoms with Crippen molar-refractivity contribution in [1.82, 2.24) is 9.88 Å². The van der Waals surface area contributed by atoms with E-state index in [0.29, 0.717) is 6.42 Å². The molecule has 3 aromatic rings. The third-order valence-electron chi connectivity index (χ3n) is 3.98. The first kappa shape index (κ1) is 19.5. The van der Waals surface area contributed by atoms with E-state index in [-0.39, 0.29) is 5.91 Å². The Labute approximate surface area is 168 Å². The fraction of sp³-hybridized carbons (Fsp3) is 0.238. The SMILES string of the molecule is C=CCN(Cc1csc(CC(=O)Nc2ccc(C)cc2)n1)Cc1cccs1. The monoisotopic (exact) mass is 397 g/mol. The number of hydrogen-bond donors (Lipinski definition) is 1. The van der Waals surface area contributed by atoms with Crippen molar-refractivity contribution in [2.24, 2.45) is 0 Å². The molecule has 27 heavy (non-hydrogen) atoms. The molecule has 0 atom stereocenters. The molecule has 0 fully saturated rings. The zero-order valence-electron chi connectivity index (χ0n) is 15.4. The topological polar surface area (TPSA) is 45.2 Å². The molecule has 1 amide bonds. The number of anilines is 1. The highest BCUT2D eigenvalue weighted by Crippen LogP contribution is 2.17. The van der Waals surface area contributed by atoms with Crippen molar-refractivity contribution in [2.75, 3.05) is 11.9 Å². The number of rotatable bonds is 9. The molecule has 0 spiro atoms. The van der Waals surface area contributed by atoms with Crippen molar-refractivity contribution in [3.8, 4) is 0 Å². The number of hydrogen-bond acceptors (Lipinski definition) is 5. The Morgan fingerprint density at radius 1 is 1.22 bits per heavy atom. The van der Waals surface area contributed by atoms with E-state index in [9.17, 15) is 4.79 Å².